The molecule has 3 heteroatoms. The molecule has 70 valence electrons. The first kappa shape index (κ1) is 9.82. The molecule has 3 nitrogen and oxygen atoms in total. The molecule has 1 aromatic heterocycles. The topological polar surface area (TPSA) is 62.9 Å². The van der Waals surface area contributed by atoms with Crippen LogP contribution in [0.25, 0.3) is 0 Å². The van der Waals surface area contributed by atoms with Crippen LogP contribution in [0.3, 0.4) is 0 Å². The second-order valence-electron chi connectivity index (χ2n) is 4.06. The summed E-state index contributed by atoms with van der Waals surface area (Å²) in [5.74, 6) is 0.793. The van der Waals surface area contributed by atoms with Gasteiger partial charge in [-0.05, 0) is 6.07 Å². The molecule has 1 heterocycles. The molecule has 0 radical (unpaired) electrons. The minimum absolute atomic E-state index is 0.104. The molecule has 0 spiro atoms. The van der Waals surface area contributed by atoms with E-state index >= 15 is 0 Å². The highest BCUT2D eigenvalue weighted by Gasteiger charge is 2.24. The predicted octanol–water partition coefficient (Wildman–Crippen LogP) is 2.10. The van der Waals surface area contributed by atoms with Gasteiger partial charge in [-0.15, -0.1) is 0 Å². The Labute approximate surface area is 78.1 Å². The Bertz CT molecular complexity index is 327. The summed E-state index contributed by atoms with van der Waals surface area (Å²) in [4.78, 5) is 0. The molecule has 1 atom stereocenters. The van der Waals surface area contributed by atoms with Crippen molar-refractivity contribution in [3.63, 3.8) is 0 Å². The summed E-state index contributed by atoms with van der Waals surface area (Å²) in [6.45, 7) is 6.08. The summed E-state index contributed by atoms with van der Waals surface area (Å²) in [5.41, 5.74) is 6.30. The van der Waals surface area contributed by atoms with Gasteiger partial charge >= 0.3 is 0 Å². The molecule has 0 fully saturated rings. The van der Waals surface area contributed by atoms with Gasteiger partial charge in [-0.25, -0.2) is 0 Å². The Balaban J connectivity index is 3.12. The van der Waals surface area contributed by atoms with E-state index < -0.39 is 6.04 Å². The monoisotopic (exact) mass is 178 g/mol. The van der Waals surface area contributed by atoms with E-state index in [1.807, 2.05) is 26.8 Å². The van der Waals surface area contributed by atoms with E-state index in [2.05, 4.69) is 0 Å². The minimum atomic E-state index is -0.590. The standard InChI is InChI=1S/C10H14N2O/c1-10(2,3)9-7(4-5-13-9)8(12)6-11/h4-5,8H,12H2,1-3H3. The lowest BCUT2D eigenvalue weighted by Gasteiger charge is -2.17. The molecule has 0 aliphatic carbocycles. The molecule has 0 aliphatic rings. The molecule has 0 amide bonds. The summed E-state index contributed by atoms with van der Waals surface area (Å²) in [6, 6.07) is 3.17. The third-order valence-electron chi connectivity index (χ3n) is 1.85. The molecule has 1 rings (SSSR count). The summed E-state index contributed by atoms with van der Waals surface area (Å²) in [7, 11) is 0. The number of hydrogen-bond acceptors (Lipinski definition) is 3. The van der Waals surface area contributed by atoms with Gasteiger partial charge in [0.15, 0.2) is 0 Å². The van der Waals surface area contributed by atoms with E-state index in [0.717, 1.165) is 11.3 Å². The molecule has 0 aromatic carbocycles. The van der Waals surface area contributed by atoms with Crippen molar-refractivity contribution in [1.29, 1.82) is 5.26 Å². The maximum atomic E-state index is 8.68. The maximum Gasteiger partial charge on any atom is 0.122 e. The molecule has 1 unspecified atom stereocenters. The number of nitriles is 1. The van der Waals surface area contributed by atoms with Gasteiger partial charge in [0.25, 0.3) is 0 Å². The zero-order chi connectivity index (χ0) is 10.1. The van der Waals surface area contributed by atoms with E-state index in [-0.39, 0.29) is 5.41 Å². The van der Waals surface area contributed by atoms with E-state index in [9.17, 15) is 0 Å². The molecular weight excluding hydrogens is 164 g/mol. The van der Waals surface area contributed by atoms with Gasteiger partial charge in [0.2, 0.25) is 0 Å². The fourth-order valence-corrected chi connectivity index (χ4v) is 1.24. The highest BCUT2D eigenvalue weighted by atomic mass is 16.3. The van der Waals surface area contributed by atoms with Crippen molar-refractivity contribution in [2.45, 2.75) is 32.2 Å². The Morgan fingerprint density at radius 3 is 2.62 bits per heavy atom. The van der Waals surface area contributed by atoms with E-state index in [0.29, 0.717) is 0 Å². The van der Waals surface area contributed by atoms with Gasteiger partial charge in [0.05, 0.1) is 12.3 Å². The van der Waals surface area contributed by atoms with Gasteiger partial charge in [-0.1, -0.05) is 20.8 Å². The quantitative estimate of drug-likeness (QED) is 0.716. The molecule has 0 saturated carbocycles. The molecule has 0 aliphatic heterocycles. The average Bonchev–Trinajstić information content (AvgIpc) is 2.49. The van der Waals surface area contributed by atoms with Crippen molar-refractivity contribution in [3.8, 4) is 6.07 Å². The molecule has 13 heavy (non-hydrogen) atoms. The first-order chi connectivity index (χ1) is 5.96. The molecule has 2 N–H and O–H groups in total. The molecule has 0 bridgehead atoms. The zero-order valence-corrected chi connectivity index (χ0v) is 8.16. The van der Waals surface area contributed by atoms with Crippen LogP contribution in [0.1, 0.15) is 38.1 Å². The summed E-state index contributed by atoms with van der Waals surface area (Å²) < 4.78 is 5.32. The van der Waals surface area contributed by atoms with Crippen molar-refractivity contribution < 1.29 is 4.42 Å². The van der Waals surface area contributed by atoms with Crippen LogP contribution in [0, 0.1) is 11.3 Å². The van der Waals surface area contributed by atoms with Crippen molar-refractivity contribution in [3.05, 3.63) is 23.7 Å². The lowest BCUT2D eigenvalue weighted by molar-refractivity contribution is 0.403. The lowest BCUT2D eigenvalue weighted by Crippen LogP contribution is -2.17. The number of rotatable bonds is 1. The Morgan fingerprint density at radius 1 is 1.54 bits per heavy atom. The number of furan rings is 1. The van der Waals surface area contributed by atoms with Crippen molar-refractivity contribution in [2.24, 2.45) is 5.73 Å². The Hall–Kier alpha value is -1.27. The number of nitrogens with two attached hydrogens (primary N) is 1. The Kier molecular flexibility index (Phi) is 2.44. The van der Waals surface area contributed by atoms with Crippen LogP contribution in [-0.4, -0.2) is 0 Å². The smallest absolute Gasteiger partial charge is 0.122 e. The number of nitrogens with zero attached hydrogens (tertiary/aromatic N) is 1. The second-order valence-corrected chi connectivity index (χ2v) is 4.06. The second kappa shape index (κ2) is 3.23. The molecular formula is C10H14N2O. The van der Waals surface area contributed by atoms with Crippen LogP contribution in [-0.2, 0) is 5.41 Å². The number of hydrogen-bond donors (Lipinski definition) is 1. The van der Waals surface area contributed by atoms with Crippen molar-refractivity contribution in [1.82, 2.24) is 0 Å². The van der Waals surface area contributed by atoms with Crippen LogP contribution >= 0.6 is 0 Å². The van der Waals surface area contributed by atoms with Gasteiger partial charge in [-0.3, -0.25) is 0 Å². The van der Waals surface area contributed by atoms with E-state index in [4.69, 9.17) is 15.4 Å². The maximum absolute atomic E-state index is 8.68. The fraction of sp³-hybridized carbons (Fsp3) is 0.500. The van der Waals surface area contributed by atoms with E-state index in [1.54, 1.807) is 12.3 Å². The van der Waals surface area contributed by atoms with Crippen LogP contribution < -0.4 is 5.73 Å². The summed E-state index contributed by atoms with van der Waals surface area (Å²) >= 11 is 0. The van der Waals surface area contributed by atoms with Gasteiger partial charge in [0.1, 0.15) is 11.8 Å². The zero-order valence-electron chi connectivity index (χ0n) is 8.16. The van der Waals surface area contributed by atoms with Crippen LogP contribution in [0.2, 0.25) is 0 Å². The highest BCUT2D eigenvalue weighted by molar-refractivity contribution is 5.30. The first-order valence-electron chi connectivity index (χ1n) is 4.20. The van der Waals surface area contributed by atoms with Crippen LogP contribution in [0.15, 0.2) is 16.7 Å². The van der Waals surface area contributed by atoms with Gasteiger partial charge < -0.3 is 10.2 Å². The van der Waals surface area contributed by atoms with Gasteiger partial charge in [0, 0.05) is 11.0 Å². The average molecular weight is 178 g/mol. The fourth-order valence-electron chi connectivity index (χ4n) is 1.24. The van der Waals surface area contributed by atoms with Crippen molar-refractivity contribution >= 4 is 0 Å². The van der Waals surface area contributed by atoms with Crippen LogP contribution in [0.5, 0.6) is 0 Å². The third kappa shape index (κ3) is 1.90. The first-order valence-corrected chi connectivity index (χ1v) is 4.20. The van der Waals surface area contributed by atoms with Crippen molar-refractivity contribution in [2.75, 3.05) is 0 Å². The summed E-state index contributed by atoms with van der Waals surface area (Å²) in [5, 5.41) is 8.68. The highest BCUT2D eigenvalue weighted by Crippen LogP contribution is 2.29. The van der Waals surface area contributed by atoms with E-state index in [1.165, 1.54) is 0 Å². The normalized spacial score (nSPS) is 13.8. The Morgan fingerprint density at radius 2 is 2.15 bits per heavy atom. The minimum Gasteiger partial charge on any atom is -0.468 e. The SMILES string of the molecule is CC(C)(C)c1occc1C(N)C#N. The lowest BCUT2D eigenvalue weighted by atomic mass is 9.89. The molecule has 1 aromatic rings. The largest absolute Gasteiger partial charge is 0.468 e. The third-order valence-corrected chi connectivity index (χ3v) is 1.85. The predicted molar refractivity (Wildman–Crippen MR) is 49.9 cm³/mol. The van der Waals surface area contributed by atoms with Gasteiger partial charge in [-0.2, -0.15) is 5.26 Å². The van der Waals surface area contributed by atoms with Crippen LogP contribution in [0.4, 0.5) is 0 Å². The summed E-state index contributed by atoms with van der Waals surface area (Å²) in [6.07, 6.45) is 1.58. The molecule has 0 saturated heterocycles.